The Morgan fingerprint density at radius 1 is 1.03 bits per heavy atom. The van der Waals surface area contributed by atoms with E-state index < -0.39 is 21.5 Å². The smallest absolute Gasteiger partial charge is 0.272 e. The van der Waals surface area contributed by atoms with Gasteiger partial charge in [0.2, 0.25) is 0 Å². The minimum absolute atomic E-state index is 0.185. The van der Waals surface area contributed by atoms with E-state index in [4.69, 9.17) is 4.74 Å². The molecule has 0 radical (unpaired) electrons. The molecule has 0 aliphatic carbocycles. The Balaban J connectivity index is 1.91. The lowest BCUT2D eigenvalue weighted by atomic mass is 10.1. The van der Waals surface area contributed by atoms with E-state index in [-0.39, 0.29) is 22.8 Å². The van der Waals surface area contributed by atoms with E-state index in [1.165, 1.54) is 18.3 Å². The second-order valence-electron chi connectivity index (χ2n) is 7.28. The molecule has 2 aromatic carbocycles. The van der Waals surface area contributed by atoms with Gasteiger partial charge in [0.25, 0.3) is 5.56 Å². The Morgan fingerprint density at radius 3 is 2.45 bits per heavy atom. The number of aromatic amines is 1. The molecule has 31 heavy (non-hydrogen) atoms. The van der Waals surface area contributed by atoms with Gasteiger partial charge >= 0.3 is 0 Å². The average Bonchev–Trinajstić information content (AvgIpc) is 3.01. The Morgan fingerprint density at radius 2 is 1.77 bits per heavy atom. The Bertz CT molecular complexity index is 1470. The molecular formula is C22H18F2N2O4S. The highest BCUT2D eigenvalue weighted by Crippen LogP contribution is 2.37. The van der Waals surface area contributed by atoms with E-state index in [1.807, 2.05) is 0 Å². The molecule has 4 aromatic rings. The zero-order chi connectivity index (χ0) is 22.3. The predicted molar refractivity (Wildman–Crippen MR) is 114 cm³/mol. The number of rotatable bonds is 5. The third-order valence-electron chi connectivity index (χ3n) is 4.82. The van der Waals surface area contributed by atoms with Gasteiger partial charge in [0.15, 0.2) is 21.4 Å². The highest BCUT2D eigenvalue weighted by molar-refractivity contribution is 7.89. The van der Waals surface area contributed by atoms with Gasteiger partial charge in [0, 0.05) is 36.5 Å². The summed E-state index contributed by atoms with van der Waals surface area (Å²) in [5, 5.41) is 0.675. The quantitative estimate of drug-likeness (QED) is 0.502. The standard InChI is InChI=1S/C22H18F2N2O4S/c1-26-18(10-14-7-8-25-22(27)21(14)26)16-9-13(12-31(2,28)29)3-5-19(16)30-20-6-4-15(23)11-17(20)24/h3-11H,12H2,1-2H3,(H,25,27). The fraction of sp³-hybridized carbons (Fsp3) is 0.136. The number of halogens is 2. The van der Waals surface area contributed by atoms with Crippen molar-refractivity contribution in [3.8, 4) is 22.8 Å². The molecule has 4 rings (SSSR count). The summed E-state index contributed by atoms with van der Waals surface area (Å²) in [4.78, 5) is 14.9. The van der Waals surface area contributed by atoms with Crippen molar-refractivity contribution in [3.05, 3.63) is 82.3 Å². The third-order valence-corrected chi connectivity index (χ3v) is 5.68. The van der Waals surface area contributed by atoms with Gasteiger partial charge in [-0.3, -0.25) is 4.79 Å². The minimum atomic E-state index is -3.31. The number of fused-ring (bicyclic) bond motifs is 1. The number of pyridine rings is 1. The van der Waals surface area contributed by atoms with E-state index in [9.17, 15) is 22.0 Å². The van der Waals surface area contributed by atoms with Crippen molar-refractivity contribution in [2.24, 2.45) is 7.05 Å². The van der Waals surface area contributed by atoms with Crippen molar-refractivity contribution in [1.82, 2.24) is 9.55 Å². The van der Waals surface area contributed by atoms with Crippen LogP contribution in [0.25, 0.3) is 22.2 Å². The summed E-state index contributed by atoms with van der Waals surface area (Å²) in [5.41, 5.74) is 1.67. The topological polar surface area (TPSA) is 81.2 Å². The van der Waals surface area contributed by atoms with Crippen LogP contribution in [0, 0.1) is 11.6 Å². The number of hydrogen-bond donors (Lipinski definition) is 1. The number of H-pyrrole nitrogens is 1. The molecule has 0 aliphatic heterocycles. The molecule has 0 saturated carbocycles. The van der Waals surface area contributed by atoms with Crippen molar-refractivity contribution >= 4 is 20.7 Å². The van der Waals surface area contributed by atoms with Crippen LogP contribution in [0.1, 0.15) is 5.56 Å². The van der Waals surface area contributed by atoms with E-state index in [1.54, 1.807) is 35.9 Å². The van der Waals surface area contributed by atoms with Gasteiger partial charge in [0.05, 0.1) is 11.4 Å². The van der Waals surface area contributed by atoms with E-state index in [0.29, 0.717) is 33.8 Å². The van der Waals surface area contributed by atoms with Crippen LogP contribution >= 0.6 is 0 Å². The van der Waals surface area contributed by atoms with E-state index in [0.717, 1.165) is 12.3 Å². The number of benzene rings is 2. The Kier molecular flexibility index (Phi) is 5.14. The average molecular weight is 444 g/mol. The molecule has 0 amide bonds. The number of aryl methyl sites for hydroxylation is 1. The third kappa shape index (κ3) is 4.22. The molecule has 2 heterocycles. The van der Waals surface area contributed by atoms with Crippen molar-refractivity contribution in [2.75, 3.05) is 6.26 Å². The molecular weight excluding hydrogens is 426 g/mol. The van der Waals surface area contributed by atoms with Crippen LogP contribution in [0.15, 0.2) is 59.5 Å². The molecule has 0 spiro atoms. The van der Waals surface area contributed by atoms with Crippen LogP contribution < -0.4 is 10.3 Å². The fourth-order valence-corrected chi connectivity index (χ4v) is 4.29. The fourth-order valence-electron chi connectivity index (χ4n) is 3.51. The first-order valence-electron chi connectivity index (χ1n) is 9.23. The summed E-state index contributed by atoms with van der Waals surface area (Å²) in [6.45, 7) is 0. The van der Waals surface area contributed by atoms with Crippen molar-refractivity contribution in [2.45, 2.75) is 5.75 Å². The van der Waals surface area contributed by atoms with Crippen molar-refractivity contribution < 1.29 is 21.9 Å². The van der Waals surface area contributed by atoms with E-state index >= 15 is 0 Å². The summed E-state index contributed by atoms with van der Waals surface area (Å²) < 4.78 is 58.4. The van der Waals surface area contributed by atoms with Crippen molar-refractivity contribution in [3.63, 3.8) is 0 Å². The predicted octanol–water partition coefficient (Wildman–Crippen LogP) is 4.15. The van der Waals surface area contributed by atoms with Crippen LogP contribution in [0.5, 0.6) is 11.5 Å². The highest BCUT2D eigenvalue weighted by atomic mass is 32.2. The molecule has 0 saturated heterocycles. The molecule has 6 nitrogen and oxygen atoms in total. The molecule has 0 fully saturated rings. The van der Waals surface area contributed by atoms with Gasteiger partial charge in [-0.1, -0.05) is 6.07 Å². The van der Waals surface area contributed by atoms with Crippen LogP contribution in [-0.2, 0) is 22.6 Å². The molecule has 0 unspecified atom stereocenters. The monoisotopic (exact) mass is 444 g/mol. The van der Waals surface area contributed by atoms with Crippen LogP contribution in [0.4, 0.5) is 8.78 Å². The van der Waals surface area contributed by atoms with Gasteiger partial charge in [-0.15, -0.1) is 0 Å². The van der Waals surface area contributed by atoms with Gasteiger partial charge < -0.3 is 14.3 Å². The highest BCUT2D eigenvalue weighted by Gasteiger charge is 2.18. The normalized spacial score (nSPS) is 11.7. The maximum atomic E-state index is 14.2. The molecule has 0 bridgehead atoms. The second-order valence-corrected chi connectivity index (χ2v) is 9.42. The molecule has 1 N–H and O–H groups in total. The van der Waals surface area contributed by atoms with Crippen LogP contribution in [0.2, 0.25) is 0 Å². The number of nitrogens with one attached hydrogen (secondary N) is 1. The molecule has 0 atom stereocenters. The first kappa shape index (κ1) is 20.8. The molecule has 160 valence electrons. The lowest BCUT2D eigenvalue weighted by Crippen LogP contribution is -2.08. The van der Waals surface area contributed by atoms with Crippen LogP contribution in [0.3, 0.4) is 0 Å². The molecule has 0 aliphatic rings. The largest absolute Gasteiger partial charge is 0.454 e. The zero-order valence-electron chi connectivity index (χ0n) is 16.6. The van der Waals surface area contributed by atoms with Gasteiger partial charge in [-0.25, -0.2) is 17.2 Å². The van der Waals surface area contributed by atoms with E-state index in [2.05, 4.69) is 4.98 Å². The SMILES string of the molecule is Cn1c(-c2cc(CS(C)(=O)=O)ccc2Oc2ccc(F)cc2F)cc2cc[nH]c(=O)c21. The maximum Gasteiger partial charge on any atom is 0.272 e. The Labute approximate surface area is 176 Å². The number of ether oxygens (including phenoxy) is 1. The Hall–Kier alpha value is -3.46. The maximum absolute atomic E-state index is 14.2. The summed E-state index contributed by atoms with van der Waals surface area (Å²) in [7, 11) is -1.61. The van der Waals surface area contributed by atoms with Crippen molar-refractivity contribution in [1.29, 1.82) is 0 Å². The number of nitrogens with zero attached hydrogens (tertiary/aromatic N) is 1. The van der Waals surface area contributed by atoms with Gasteiger partial charge in [-0.2, -0.15) is 0 Å². The number of sulfone groups is 1. The minimum Gasteiger partial charge on any atom is -0.454 e. The lowest BCUT2D eigenvalue weighted by Gasteiger charge is -2.14. The summed E-state index contributed by atoms with van der Waals surface area (Å²) in [5.74, 6) is -1.77. The second kappa shape index (κ2) is 7.66. The van der Waals surface area contributed by atoms with Gasteiger partial charge in [0.1, 0.15) is 17.1 Å². The summed E-state index contributed by atoms with van der Waals surface area (Å²) in [6, 6.07) is 11.2. The summed E-state index contributed by atoms with van der Waals surface area (Å²) >= 11 is 0. The first-order chi connectivity index (χ1) is 14.6. The zero-order valence-corrected chi connectivity index (χ0v) is 17.5. The number of aromatic nitrogens is 2. The summed E-state index contributed by atoms with van der Waals surface area (Å²) in [6.07, 6.45) is 2.65. The lowest BCUT2D eigenvalue weighted by molar-refractivity contribution is 0.438. The first-order valence-corrected chi connectivity index (χ1v) is 11.3. The molecule has 2 aromatic heterocycles. The van der Waals surface area contributed by atoms with Crippen LogP contribution in [-0.4, -0.2) is 24.2 Å². The number of hydrogen-bond acceptors (Lipinski definition) is 4. The van der Waals surface area contributed by atoms with Gasteiger partial charge in [-0.05, 0) is 42.0 Å². The molecule has 9 heteroatoms.